The Morgan fingerprint density at radius 1 is 1.26 bits per heavy atom. The standard InChI is InChI=1S/C17H14N6O3S/c1-7-9(5-19-22(7)2)11-6-23-16(27-11)12-14(21-23)13-10(20-15(12)24)3-8(4-18-13)17(25)26/h3-6,17,25-26H,1-2H3,(H,20,24). The van der Waals surface area contributed by atoms with E-state index in [4.69, 9.17) is 0 Å². The van der Waals surface area contributed by atoms with Crippen molar-refractivity contribution in [2.75, 3.05) is 0 Å². The Balaban J connectivity index is 1.80. The molecule has 0 amide bonds. The SMILES string of the molecule is Cc1c(-c2cn3nc4c5ncc(C(O)O)cc5[nH]c(=O)c4c3s2)cnn1C. The highest BCUT2D eigenvalue weighted by Crippen LogP contribution is 2.34. The van der Waals surface area contributed by atoms with Gasteiger partial charge < -0.3 is 15.2 Å². The lowest BCUT2D eigenvalue weighted by atomic mass is 10.2. The average molecular weight is 382 g/mol. The molecule has 27 heavy (non-hydrogen) atoms. The number of fused-ring (bicyclic) bond motifs is 5. The Kier molecular flexibility index (Phi) is 3.26. The van der Waals surface area contributed by atoms with Crippen molar-refractivity contribution in [1.29, 1.82) is 0 Å². The van der Waals surface area contributed by atoms with Crippen molar-refractivity contribution in [3.05, 3.63) is 46.3 Å². The van der Waals surface area contributed by atoms with Crippen LogP contribution in [0.2, 0.25) is 0 Å². The van der Waals surface area contributed by atoms with Crippen LogP contribution in [0.3, 0.4) is 0 Å². The number of nitrogens with one attached hydrogen (secondary N) is 1. The summed E-state index contributed by atoms with van der Waals surface area (Å²) in [6.07, 6.45) is 3.38. The fourth-order valence-corrected chi connectivity index (χ4v) is 4.32. The first-order chi connectivity index (χ1) is 12.9. The zero-order valence-corrected chi connectivity index (χ0v) is 15.2. The lowest BCUT2D eigenvalue weighted by Crippen LogP contribution is -2.07. The summed E-state index contributed by atoms with van der Waals surface area (Å²) in [5.74, 6) is 0. The van der Waals surface area contributed by atoms with Gasteiger partial charge in [0.05, 0.1) is 16.6 Å². The zero-order chi connectivity index (χ0) is 18.9. The van der Waals surface area contributed by atoms with Crippen molar-refractivity contribution < 1.29 is 10.2 Å². The first-order valence-corrected chi connectivity index (χ1v) is 8.94. The molecule has 0 aliphatic carbocycles. The molecule has 3 N–H and O–H groups in total. The second-order valence-corrected chi connectivity index (χ2v) is 7.36. The number of H-pyrrole nitrogens is 1. The van der Waals surface area contributed by atoms with Gasteiger partial charge in [0, 0.05) is 36.3 Å². The van der Waals surface area contributed by atoms with Gasteiger partial charge in [-0.15, -0.1) is 11.3 Å². The van der Waals surface area contributed by atoms with Crippen molar-refractivity contribution in [1.82, 2.24) is 29.4 Å². The highest BCUT2D eigenvalue weighted by molar-refractivity contribution is 7.21. The van der Waals surface area contributed by atoms with Gasteiger partial charge in [-0.05, 0) is 13.0 Å². The molecule has 0 unspecified atom stereocenters. The van der Waals surface area contributed by atoms with Gasteiger partial charge in [-0.2, -0.15) is 10.2 Å². The molecule has 9 nitrogen and oxygen atoms in total. The Bertz CT molecular complexity index is 1410. The smallest absolute Gasteiger partial charge is 0.261 e. The lowest BCUT2D eigenvalue weighted by molar-refractivity contribution is -0.0426. The maximum Gasteiger partial charge on any atom is 0.261 e. The third-order valence-electron chi connectivity index (χ3n) is 4.72. The molecule has 0 bridgehead atoms. The highest BCUT2D eigenvalue weighted by Gasteiger charge is 2.19. The zero-order valence-electron chi connectivity index (χ0n) is 14.3. The third-order valence-corrected chi connectivity index (χ3v) is 5.85. The van der Waals surface area contributed by atoms with Gasteiger partial charge in [-0.1, -0.05) is 0 Å². The molecule has 0 radical (unpaired) electrons. The van der Waals surface area contributed by atoms with Crippen LogP contribution in [-0.4, -0.2) is 39.6 Å². The highest BCUT2D eigenvalue weighted by atomic mass is 32.1. The van der Waals surface area contributed by atoms with Crippen LogP contribution < -0.4 is 5.56 Å². The lowest BCUT2D eigenvalue weighted by Gasteiger charge is -2.04. The van der Waals surface area contributed by atoms with Gasteiger partial charge in [-0.25, -0.2) is 4.52 Å². The second kappa shape index (κ2) is 5.46. The van der Waals surface area contributed by atoms with E-state index < -0.39 is 6.29 Å². The summed E-state index contributed by atoms with van der Waals surface area (Å²) in [7, 11) is 1.88. The monoisotopic (exact) mass is 382 g/mol. The molecule has 136 valence electrons. The molecule has 5 aromatic rings. The number of hydrogen-bond donors (Lipinski definition) is 3. The fourth-order valence-electron chi connectivity index (χ4n) is 3.17. The Hall–Kier alpha value is -3.08. The molecule has 0 aliphatic heterocycles. The van der Waals surface area contributed by atoms with E-state index in [1.807, 2.05) is 20.2 Å². The molecular weight excluding hydrogens is 368 g/mol. The normalized spacial score (nSPS) is 12.2. The molecule has 5 heterocycles. The van der Waals surface area contributed by atoms with Crippen LogP contribution in [0.5, 0.6) is 0 Å². The molecular formula is C17H14N6O3S. The van der Waals surface area contributed by atoms with E-state index in [1.165, 1.54) is 23.6 Å². The first-order valence-electron chi connectivity index (χ1n) is 8.13. The number of aromatic amines is 1. The molecule has 0 fully saturated rings. The summed E-state index contributed by atoms with van der Waals surface area (Å²) in [5.41, 5.74) is 3.32. The Morgan fingerprint density at radius 3 is 2.78 bits per heavy atom. The summed E-state index contributed by atoms with van der Waals surface area (Å²) in [6.45, 7) is 1.99. The summed E-state index contributed by atoms with van der Waals surface area (Å²) in [6, 6.07) is 1.49. The minimum atomic E-state index is -1.66. The molecule has 10 heteroatoms. The molecule has 5 aromatic heterocycles. The largest absolute Gasteiger partial charge is 0.364 e. The maximum atomic E-state index is 12.7. The number of aryl methyl sites for hydroxylation is 1. The number of rotatable bonds is 2. The van der Waals surface area contributed by atoms with Gasteiger partial charge in [-0.3, -0.25) is 14.5 Å². The molecule has 0 spiro atoms. The van der Waals surface area contributed by atoms with Gasteiger partial charge in [0.15, 0.2) is 6.29 Å². The number of pyridine rings is 2. The van der Waals surface area contributed by atoms with E-state index in [9.17, 15) is 15.0 Å². The topological polar surface area (TPSA) is 121 Å². The quantitative estimate of drug-likeness (QED) is 0.398. The van der Waals surface area contributed by atoms with Crippen molar-refractivity contribution in [3.63, 3.8) is 0 Å². The second-order valence-electron chi connectivity index (χ2n) is 6.33. The van der Waals surface area contributed by atoms with Crippen LogP contribution in [0.15, 0.2) is 29.5 Å². The van der Waals surface area contributed by atoms with E-state index in [2.05, 4.69) is 20.2 Å². The summed E-state index contributed by atoms with van der Waals surface area (Å²) in [4.78, 5) is 21.4. The summed E-state index contributed by atoms with van der Waals surface area (Å²) >= 11 is 1.46. The van der Waals surface area contributed by atoms with Crippen LogP contribution in [-0.2, 0) is 7.05 Å². The minimum Gasteiger partial charge on any atom is -0.364 e. The van der Waals surface area contributed by atoms with Crippen LogP contribution >= 0.6 is 11.3 Å². The van der Waals surface area contributed by atoms with Crippen LogP contribution in [0.4, 0.5) is 0 Å². The molecule has 0 aromatic carbocycles. The average Bonchev–Trinajstić information content (AvgIpc) is 3.28. The number of hydrogen-bond acceptors (Lipinski definition) is 7. The number of aromatic nitrogens is 6. The van der Waals surface area contributed by atoms with Crippen LogP contribution in [0, 0.1) is 6.92 Å². The number of nitrogens with zero attached hydrogens (tertiary/aromatic N) is 5. The van der Waals surface area contributed by atoms with Gasteiger partial charge in [0.25, 0.3) is 5.56 Å². The van der Waals surface area contributed by atoms with E-state index >= 15 is 0 Å². The number of thiazole rings is 1. The van der Waals surface area contributed by atoms with Gasteiger partial charge in [0.2, 0.25) is 0 Å². The van der Waals surface area contributed by atoms with Crippen LogP contribution in [0.1, 0.15) is 17.5 Å². The fraction of sp³-hybridized carbons (Fsp3) is 0.176. The summed E-state index contributed by atoms with van der Waals surface area (Å²) in [5, 5.41) is 27.9. The summed E-state index contributed by atoms with van der Waals surface area (Å²) < 4.78 is 3.48. The Morgan fingerprint density at radius 2 is 2.07 bits per heavy atom. The first kappa shape index (κ1) is 16.1. The molecule has 5 rings (SSSR count). The molecule has 0 saturated carbocycles. The van der Waals surface area contributed by atoms with E-state index in [0.29, 0.717) is 21.9 Å². The predicted octanol–water partition coefficient (Wildman–Crippen LogP) is 1.48. The van der Waals surface area contributed by atoms with Crippen molar-refractivity contribution in [3.8, 4) is 10.4 Å². The van der Waals surface area contributed by atoms with E-state index in [-0.39, 0.29) is 11.1 Å². The maximum absolute atomic E-state index is 12.7. The third kappa shape index (κ3) is 2.24. The van der Waals surface area contributed by atoms with Gasteiger partial charge in [0.1, 0.15) is 21.3 Å². The van der Waals surface area contributed by atoms with Crippen molar-refractivity contribution >= 4 is 38.1 Å². The van der Waals surface area contributed by atoms with E-state index in [1.54, 1.807) is 15.4 Å². The Labute approximate surface area is 155 Å². The number of aliphatic hydroxyl groups is 2. The van der Waals surface area contributed by atoms with E-state index in [0.717, 1.165) is 21.0 Å². The molecule has 0 aliphatic rings. The molecule has 0 atom stereocenters. The van der Waals surface area contributed by atoms with Gasteiger partial charge >= 0.3 is 0 Å². The minimum absolute atomic E-state index is 0.202. The predicted molar refractivity (Wildman–Crippen MR) is 101 cm³/mol. The van der Waals surface area contributed by atoms with Crippen LogP contribution in [0.25, 0.3) is 37.2 Å². The number of aliphatic hydroxyl groups excluding tert-OH is 1. The van der Waals surface area contributed by atoms with Crippen molar-refractivity contribution in [2.45, 2.75) is 13.2 Å². The molecule has 0 saturated heterocycles. The van der Waals surface area contributed by atoms with Crippen molar-refractivity contribution in [2.24, 2.45) is 7.05 Å².